The Morgan fingerprint density at radius 3 is 2.79 bits per heavy atom. The third-order valence-corrected chi connectivity index (χ3v) is 7.05. The summed E-state index contributed by atoms with van der Waals surface area (Å²) in [5, 5.41) is 1.32. The number of benzene rings is 2. The van der Waals surface area contributed by atoms with Crippen LogP contribution in [-0.4, -0.2) is 48.6 Å². The fourth-order valence-corrected chi connectivity index (χ4v) is 5.53. The zero-order valence-corrected chi connectivity index (χ0v) is 16.9. The van der Waals surface area contributed by atoms with Crippen molar-refractivity contribution in [2.45, 2.75) is 31.8 Å². The summed E-state index contributed by atoms with van der Waals surface area (Å²) in [7, 11) is 0. The van der Waals surface area contributed by atoms with E-state index in [4.69, 9.17) is 4.98 Å². The van der Waals surface area contributed by atoms with Crippen LogP contribution in [0.25, 0.3) is 10.9 Å². The molecule has 0 N–H and O–H groups in total. The highest BCUT2D eigenvalue weighted by molar-refractivity contribution is 5.95. The predicted molar refractivity (Wildman–Crippen MR) is 120 cm³/mol. The van der Waals surface area contributed by atoms with Gasteiger partial charge in [0.2, 0.25) is 0 Å². The predicted octanol–water partition coefficient (Wildman–Crippen LogP) is 4.08. The summed E-state index contributed by atoms with van der Waals surface area (Å²) in [6, 6.07) is 18.5. The molecular formula is C25H28N4. The molecule has 0 amide bonds. The normalized spacial score (nSPS) is 21.6. The van der Waals surface area contributed by atoms with Crippen LogP contribution in [0.15, 0.2) is 54.7 Å². The van der Waals surface area contributed by atoms with E-state index in [2.05, 4.69) is 63.2 Å². The SMILES string of the molecule is c1ccc(CN2CCc3cc4nccc(N5CCN6CCC[C@H]6C5)c4cc32)cc1. The van der Waals surface area contributed by atoms with Crippen molar-refractivity contribution in [1.82, 2.24) is 9.88 Å². The van der Waals surface area contributed by atoms with E-state index in [1.807, 2.05) is 6.20 Å². The van der Waals surface area contributed by atoms with Crippen molar-refractivity contribution in [3.8, 4) is 0 Å². The lowest BCUT2D eigenvalue weighted by molar-refractivity contribution is 0.231. The minimum absolute atomic E-state index is 0.732. The van der Waals surface area contributed by atoms with Crippen LogP contribution in [-0.2, 0) is 13.0 Å². The van der Waals surface area contributed by atoms with Crippen LogP contribution in [0.3, 0.4) is 0 Å². The van der Waals surface area contributed by atoms with E-state index in [1.54, 1.807) is 0 Å². The number of aromatic nitrogens is 1. The highest BCUT2D eigenvalue weighted by Gasteiger charge is 2.31. The van der Waals surface area contributed by atoms with Crippen molar-refractivity contribution in [3.63, 3.8) is 0 Å². The van der Waals surface area contributed by atoms with Gasteiger partial charge in [-0.05, 0) is 55.1 Å². The third-order valence-electron chi connectivity index (χ3n) is 7.05. The maximum atomic E-state index is 4.73. The van der Waals surface area contributed by atoms with Crippen molar-refractivity contribution in [1.29, 1.82) is 0 Å². The van der Waals surface area contributed by atoms with Crippen LogP contribution in [0.5, 0.6) is 0 Å². The molecule has 0 radical (unpaired) electrons. The topological polar surface area (TPSA) is 22.6 Å². The van der Waals surface area contributed by atoms with Crippen LogP contribution in [0.4, 0.5) is 11.4 Å². The third kappa shape index (κ3) is 3.06. The highest BCUT2D eigenvalue weighted by Crippen LogP contribution is 2.37. The number of anilines is 2. The first-order valence-corrected chi connectivity index (χ1v) is 11.0. The molecule has 0 spiro atoms. The van der Waals surface area contributed by atoms with Gasteiger partial charge >= 0.3 is 0 Å². The minimum atomic E-state index is 0.732. The Morgan fingerprint density at radius 2 is 1.86 bits per heavy atom. The fourth-order valence-electron chi connectivity index (χ4n) is 5.53. The van der Waals surface area contributed by atoms with Gasteiger partial charge in [0.25, 0.3) is 0 Å². The van der Waals surface area contributed by atoms with Gasteiger partial charge in [-0.3, -0.25) is 9.88 Å². The van der Waals surface area contributed by atoms with E-state index in [0.29, 0.717) is 0 Å². The van der Waals surface area contributed by atoms with Crippen LogP contribution < -0.4 is 9.80 Å². The quantitative estimate of drug-likeness (QED) is 0.679. The number of fused-ring (bicyclic) bond motifs is 3. The molecule has 2 fully saturated rings. The molecule has 29 heavy (non-hydrogen) atoms. The number of pyridine rings is 1. The molecular weight excluding hydrogens is 356 g/mol. The first-order valence-electron chi connectivity index (χ1n) is 11.0. The molecule has 4 nitrogen and oxygen atoms in total. The standard InChI is InChI=1S/C25H28N4/c1-2-5-19(6-3-1)17-28-12-9-20-15-23-22(16-25(20)28)24(8-10-26-23)29-14-13-27-11-4-7-21(27)18-29/h1-3,5-6,8,10,15-16,21H,4,7,9,11-14,17-18H2/t21-/m0/s1. The number of rotatable bonds is 3. The second-order valence-corrected chi connectivity index (χ2v) is 8.76. The maximum absolute atomic E-state index is 4.73. The van der Waals surface area contributed by atoms with E-state index >= 15 is 0 Å². The molecule has 3 aliphatic heterocycles. The molecule has 4 heterocycles. The Labute approximate surface area is 172 Å². The Hall–Kier alpha value is -2.59. The van der Waals surface area contributed by atoms with Gasteiger partial charge in [0.15, 0.2) is 0 Å². The number of hydrogen-bond acceptors (Lipinski definition) is 4. The zero-order valence-electron chi connectivity index (χ0n) is 16.9. The summed E-state index contributed by atoms with van der Waals surface area (Å²) >= 11 is 0. The van der Waals surface area contributed by atoms with Gasteiger partial charge in [0.05, 0.1) is 5.52 Å². The highest BCUT2D eigenvalue weighted by atomic mass is 15.3. The van der Waals surface area contributed by atoms with Crippen LogP contribution in [0.1, 0.15) is 24.0 Å². The molecule has 1 atom stereocenters. The van der Waals surface area contributed by atoms with Crippen molar-refractivity contribution in [3.05, 3.63) is 65.9 Å². The molecule has 2 aromatic carbocycles. The van der Waals surface area contributed by atoms with Gasteiger partial charge in [-0.2, -0.15) is 0 Å². The van der Waals surface area contributed by atoms with E-state index in [-0.39, 0.29) is 0 Å². The molecule has 2 saturated heterocycles. The number of nitrogens with zero attached hydrogens (tertiary/aromatic N) is 4. The monoisotopic (exact) mass is 384 g/mol. The minimum Gasteiger partial charge on any atom is -0.368 e. The Kier molecular flexibility index (Phi) is 4.19. The average molecular weight is 385 g/mol. The van der Waals surface area contributed by atoms with E-state index in [9.17, 15) is 0 Å². The van der Waals surface area contributed by atoms with Crippen LogP contribution in [0, 0.1) is 0 Å². The average Bonchev–Trinajstić information content (AvgIpc) is 3.39. The molecule has 4 heteroatoms. The number of piperazine rings is 1. The maximum Gasteiger partial charge on any atom is 0.0727 e. The lowest BCUT2D eigenvalue weighted by atomic mass is 10.1. The molecule has 148 valence electrons. The summed E-state index contributed by atoms with van der Waals surface area (Å²) in [4.78, 5) is 12.6. The largest absolute Gasteiger partial charge is 0.368 e. The second kappa shape index (κ2) is 7.03. The molecule has 1 aromatic heterocycles. The Morgan fingerprint density at radius 1 is 0.931 bits per heavy atom. The van der Waals surface area contributed by atoms with Gasteiger partial charge < -0.3 is 9.80 Å². The molecule has 3 aliphatic rings. The van der Waals surface area contributed by atoms with E-state index < -0.39 is 0 Å². The Bertz CT molecular complexity index is 1030. The molecule has 3 aromatic rings. The summed E-state index contributed by atoms with van der Waals surface area (Å²) in [5.41, 5.74) is 6.74. The van der Waals surface area contributed by atoms with Crippen molar-refractivity contribution in [2.24, 2.45) is 0 Å². The van der Waals surface area contributed by atoms with Gasteiger partial charge in [0, 0.05) is 61.7 Å². The lowest BCUT2D eigenvalue weighted by Crippen LogP contribution is -2.50. The summed E-state index contributed by atoms with van der Waals surface area (Å²) < 4.78 is 0. The summed E-state index contributed by atoms with van der Waals surface area (Å²) in [6.07, 6.45) is 5.82. The molecule has 0 unspecified atom stereocenters. The van der Waals surface area contributed by atoms with Crippen molar-refractivity contribution in [2.75, 3.05) is 42.5 Å². The second-order valence-electron chi connectivity index (χ2n) is 8.76. The van der Waals surface area contributed by atoms with Crippen LogP contribution in [0.2, 0.25) is 0 Å². The Balaban J connectivity index is 1.36. The lowest BCUT2D eigenvalue weighted by Gasteiger charge is -2.39. The first-order chi connectivity index (χ1) is 14.3. The van der Waals surface area contributed by atoms with Crippen molar-refractivity contribution >= 4 is 22.3 Å². The first kappa shape index (κ1) is 17.3. The summed E-state index contributed by atoms with van der Waals surface area (Å²) in [5.74, 6) is 0. The summed E-state index contributed by atoms with van der Waals surface area (Å²) in [6.45, 7) is 6.84. The van der Waals surface area contributed by atoms with Gasteiger partial charge in [-0.25, -0.2) is 0 Å². The molecule has 0 bridgehead atoms. The number of hydrogen-bond donors (Lipinski definition) is 0. The smallest absolute Gasteiger partial charge is 0.0727 e. The van der Waals surface area contributed by atoms with E-state index in [0.717, 1.165) is 44.2 Å². The molecule has 0 saturated carbocycles. The molecule has 6 rings (SSSR count). The fraction of sp³-hybridized carbons (Fsp3) is 0.400. The van der Waals surface area contributed by atoms with Crippen molar-refractivity contribution < 1.29 is 0 Å². The zero-order chi connectivity index (χ0) is 19.2. The van der Waals surface area contributed by atoms with Gasteiger partial charge in [-0.15, -0.1) is 0 Å². The van der Waals surface area contributed by atoms with Crippen LogP contribution >= 0.6 is 0 Å². The van der Waals surface area contributed by atoms with E-state index in [1.165, 1.54) is 53.8 Å². The van der Waals surface area contributed by atoms with Gasteiger partial charge in [-0.1, -0.05) is 30.3 Å². The van der Waals surface area contributed by atoms with Gasteiger partial charge in [0.1, 0.15) is 0 Å². The molecule has 0 aliphatic carbocycles.